The lowest BCUT2D eigenvalue weighted by Gasteiger charge is -2.25. The third kappa shape index (κ3) is 4.03. The van der Waals surface area contributed by atoms with Gasteiger partial charge in [0.15, 0.2) is 5.69 Å². The Morgan fingerprint density at radius 2 is 2.00 bits per heavy atom. The topological polar surface area (TPSA) is 125 Å². The summed E-state index contributed by atoms with van der Waals surface area (Å²) in [7, 11) is 0. The first-order valence-electron chi connectivity index (χ1n) is 9.00. The summed E-state index contributed by atoms with van der Waals surface area (Å²) in [4.78, 5) is 16.3. The molecular weight excluding hydrogens is 346 g/mol. The Kier molecular flexibility index (Phi) is 4.93. The van der Waals surface area contributed by atoms with Gasteiger partial charge in [0.05, 0.1) is 12.2 Å². The minimum atomic E-state index is -0.240. The van der Waals surface area contributed by atoms with Crippen LogP contribution < -0.4 is 11.1 Å². The number of hydrogen-bond acceptors (Lipinski definition) is 7. The minimum absolute atomic E-state index is 0.240. The third-order valence-corrected chi connectivity index (χ3v) is 4.88. The molecule has 0 spiro atoms. The van der Waals surface area contributed by atoms with Crippen molar-refractivity contribution in [2.45, 2.75) is 44.3 Å². The first-order chi connectivity index (χ1) is 13.2. The van der Waals surface area contributed by atoms with Gasteiger partial charge in [0.2, 0.25) is 12.2 Å². The molecule has 0 atom stereocenters. The van der Waals surface area contributed by atoms with E-state index in [0.29, 0.717) is 18.1 Å². The molecule has 0 aliphatic heterocycles. The number of nitrogens with one attached hydrogen (secondary N) is 1. The van der Waals surface area contributed by atoms with Crippen LogP contribution in [0, 0.1) is 0 Å². The van der Waals surface area contributed by atoms with Gasteiger partial charge < -0.3 is 15.6 Å². The first-order valence-corrected chi connectivity index (χ1v) is 9.00. The van der Waals surface area contributed by atoms with Crippen LogP contribution in [-0.4, -0.2) is 37.1 Å². The van der Waals surface area contributed by atoms with Gasteiger partial charge in [-0.3, -0.25) is 4.79 Å². The highest BCUT2D eigenvalue weighted by molar-refractivity contribution is 5.91. The first kappa shape index (κ1) is 17.3. The van der Waals surface area contributed by atoms with Crippen LogP contribution >= 0.6 is 0 Å². The molecule has 0 radical (unpaired) electrons. The van der Waals surface area contributed by atoms with Crippen LogP contribution in [0.5, 0.6) is 0 Å². The molecule has 1 fully saturated rings. The van der Waals surface area contributed by atoms with E-state index in [1.165, 1.54) is 6.39 Å². The van der Waals surface area contributed by atoms with Crippen LogP contribution in [-0.2, 0) is 6.54 Å². The van der Waals surface area contributed by atoms with E-state index in [1.807, 2.05) is 24.3 Å². The highest BCUT2D eigenvalue weighted by Gasteiger charge is 2.22. The van der Waals surface area contributed by atoms with E-state index in [-0.39, 0.29) is 18.0 Å². The molecule has 0 saturated heterocycles. The second-order valence-corrected chi connectivity index (χ2v) is 6.79. The number of nitrogens with two attached hydrogens (primary N) is 1. The maximum atomic E-state index is 12.3. The number of rotatable bonds is 5. The zero-order valence-electron chi connectivity index (χ0n) is 14.8. The van der Waals surface area contributed by atoms with Crippen LogP contribution in [0.15, 0.2) is 41.4 Å². The molecule has 1 aliphatic rings. The maximum absolute atomic E-state index is 12.3. The van der Waals surface area contributed by atoms with Crippen molar-refractivity contribution in [3.05, 3.63) is 48.1 Å². The average molecular weight is 367 g/mol. The molecule has 2 heterocycles. The summed E-state index contributed by atoms with van der Waals surface area (Å²) in [5.41, 5.74) is 8.08. The Labute approximate surface area is 155 Å². The molecule has 3 N–H and O–H groups in total. The molecule has 2 aromatic heterocycles. The van der Waals surface area contributed by atoms with Crippen LogP contribution in [0.25, 0.3) is 11.4 Å². The number of carbonyl (C=O) groups is 1. The molecule has 0 bridgehead atoms. The quantitative estimate of drug-likeness (QED) is 0.703. The van der Waals surface area contributed by atoms with Crippen molar-refractivity contribution < 1.29 is 9.32 Å². The van der Waals surface area contributed by atoms with E-state index in [0.717, 1.165) is 36.8 Å². The zero-order valence-corrected chi connectivity index (χ0v) is 14.8. The van der Waals surface area contributed by atoms with Crippen molar-refractivity contribution >= 4 is 5.91 Å². The fourth-order valence-corrected chi connectivity index (χ4v) is 3.27. The summed E-state index contributed by atoms with van der Waals surface area (Å²) in [6.07, 6.45) is 6.91. The van der Waals surface area contributed by atoms with Gasteiger partial charge in [-0.2, -0.15) is 4.98 Å². The number of benzene rings is 1. The van der Waals surface area contributed by atoms with Gasteiger partial charge in [-0.15, -0.1) is 5.10 Å². The van der Waals surface area contributed by atoms with Gasteiger partial charge in [0, 0.05) is 18.2 Å². The Bertz CT molecular complexity index is 881. The summed E-state index contributed by atoms with van der Waals surface area (Å²) in [5.74, 6) is 0.293. The van der Waals surface area contributed by atoms with Gasteiger partial charge in [0.25, 0.3) is 5.91 Å². The molecule has 1 amide bonds. The number of hydrogen-bond donors (Lipinski definition) is 2. The Balaban J connectivity index is 1.33. The van der Waals surface area contributed by atoms with Gasteiger partial charge in [-0.25, -0.2) is 4.68 Å². The minimum Gasteiger partial charge on any atom is -0.347 e. The highest BCUT2D eigenvalue weighted by Crippen LogP contribution is 2.26. The van der Waals surface area contributed by atoms with E-state index in [1.54, 1.807) is 10.9 Å². The zero-order chi connectivity index (χ0) is 18.6. The third-order valence-electron chi connectivity index (χ3n) is 4.88. The molecule has 1 aliphatic carbocycles. The lowest BCUT2D eigenvalue weighted by Crippen LogP contribution is -2.28. The van der Waals surface area contributed by atoms with Crippen molar-refractivity contribution in [3.8, 4) is 11.4 Å². The Morgan fingerprint density at radius 3 is 2.70 bits per heavy atom. The molecule has 9 nitrogen and oxygen atoms in total. The molecule has 140 valence electrons. The van der Waals surface area contributed by atoms with Gasteiger partial charge >= 0.3 is 0 Å². The van der Waals surface area contributed by atoms with Crippen molar-refractivity contribution in [1.29, 1.82) is 0 Å². The second kappa shape index (κ2) is 7.67. The Morgan fingerprint density at radius 1 is 1.22 bits per heavy atom. The molecule has 1 aromatic carbocycles. The highest BCUT2D eigenvalue weighted by atomic mass is 16.5. The lowest BCUT2D eigenvalue weighted by molar-refractivity contribution is 0.0946. The number of nitrogens with zero attached hydrogens (tertiary/aromatic N) is 5. The second-order valence-electron chi connectivity index (χ2n) is 6.79. The molecule has 9 heteroatoms. The average Bonchev–Trinajstić information content (AvgIpc) is 3.39. The predicted molar refractivity (Wildman–Crippen MR) is 96.4 cm³/mol. The smallest absolute Gasteiger partial charge is 0.273 e. The van der Waals surface area contributed by atoms with Gasteiger partial charge in [-0.05, 0) is 31.2 Å². The fourth-order valence-electron chi connectivity index (χ4n) is 3.27. The normalized spacial score (nSPS) is 19.7. The largest absolute Gasteiger partial charge is 0.347 e. The summed E-state index contributed by atoms with van der Waals surface area (Å²) in [5, 5.41) is 14.8. The van der Waals surface area contributed by atoms with E-state index >= 15 is 0 Å². The lowest BCUT2D eigenvalue weighted by atomic mass is 9.92. The summed E-state index contributed by atoms with van der Waals surface area (Å²) >= 11 is 0. The molecule has 27 heavy (non-hydrogen) atoms. The molecule has 3 aromatic rings. The maximum Gasteiger partial charge on any atom is 0.273 e. The van der Waals surface area contributed by atoms with Crippen molar-refractivity contribution in [1.82, 2.24) is 30.5 Å². The summed E-state index contributed by atoms with van der Waals surface area (Å²) in [6.45, 7) is 0.399. The molecular formula is C18H21N7O2. The molecule has 0 unspecified atom stereocenters. The predicted octanol–water partition coefficient (Wildman–Crippen LogP) is 1.70. The SMILES string of the molecule is NC1CCC(n2cc(C(=O)NCc3ccc(-c4ncon4)cc3)nn2)CC1. The van der Waals surface area contributed by atoms with Crippen molar-refractivity contribution in [2.24, 2.45) is 5.73 Å². The van der Waals surface area contributed by atoms with Crippen LogP contribution in [0.4, 0.5) is 0 Å². The fraction of sp³-hybridized carbons (Fsp3) is 0.389. The standard InChI is InChI=1S/C18H21N7O2/c19-14-5-7-15(8-6-14)25-10-16(22-24-25)18(26)20-9-12-1-3-13(4-2-12)17-21-11-27-23-17/h1-4,10-11,14-15H,5-9,19H2,(H,20,26). The van der Waals surface area contributed by atoms with Gasteiger partial charge in [0.1, 0.15) is 0 Å². The number of aromatic nitrogens is 5. The van der Waals surface area contributed by atoms with Crippen LogP contribution in [0.2, 0.25) is 0 Å². The summed E-state index contributed by atoms with van der Waals surface area (Å²) in [6, 6.07) is 8.14. The Hall–Kier alpha value is -3.07. The molecule has 4 rings (SSSR count). The van der Waals surface area contributed by atoms with Crippen molar-refractivity contribution in [3.63, 3.8) is 0 Å². The van der Waals surface area contributed by atoms with E-state index in [4.69, 9.17) is 10.3 Å². The van der Waals surface area contributed by atoms with E-state index in [9.17, 15) is 4.79 Å². The number of amides is 1. The number of carbonyl (C=O) groups excluding carboxylic acids is 1. The van der Waals surface area contributed by atoms with Crippen LogP contribution in [0.3, 0.4) is 0 Å². The van der Waals surface area contributed by atoms with E-state index in [2.05, 4.69) is 25.8 Å². The summed E-state index contributed by atoms with van der Waals surface area (Å²) < 4.78 is 6.53. The monoisotopic (exact) mass is 367 g/mol. The van der Waals surface area contributed by atoms with Crippen LogP contribution in [0.1, 0.15) is 47.8 Å². The van der Waals surface area contributed by atoms with E-state index < -0.39 is 0 Å². The van der Waals surface area contributed by atoms with Crippen molar-refractivity contribution in [2.75, 3.05) is 0 Å². The van der Waals surface area contributed by atoms with Gasteiger partial charge in [-0.1, -0.05) is 34.6 Å². The molecule has 1 saturated carbocycles.